The zero-order valence-electron chi connectivity index (χ0n) is 9.49. The van der Waals surface area contributed by atoms with Crippen molar-refractivity contribution in [2.24, 2.45) is 0 Å². The molecule has 0 unspecified atom stereocenters. The molecule has 1 amide bonds. The molecule has 1 aliphatic heterocycles. The van der Waals surface area contributed by atoms with Crippen LogP contribution >= 0.6 is 22.6 Å². The van der Waals surface area contributed by atoms with Crippen molar-refractivity contribution in [1.82, 2.24) is 4.90 Å². The lowest BCUT2D eigenvalue weighted by Gasteiger charge is -2.27. The van der Waals surface area contributed by atoms with Crippen molar-refractivity contribution < 1.29 is 9.53 Å². The van der Waals surface area contributed by atoms with Crippen molar-refractivity contribution in [1.29, 1.82) is 0 Å². The number of benzene rings is 1. The van der Waals surface area contributed by atoms with Gasteiger partial charge in [0.15, 0.2) is 0 Å². The molecule has 1 heterocycles. The molecule has 17 heavy (non-hydrogen) atoms. The Labute approximate surface area is 114 Å². The molecule has 0 saturated carbocycles. The lowest BCUT2D eigenvalue weighted by atomic mass is 10.3. The van der Waals surface area contributed by atoms with Gasteiger partial charge in [-0.15, -0.1) is 0 Å². The minimum absolute atomic E-state index is 0.131. The second kappa shape index (κ2) is 6.20. The SMILES string of the molecule is O=C(CNc1ccc(I)cc1)N1CCOCC1. The number of hydrogen-bond acceptors (Lipinski definition) is 3. The van der Waals surface area contributed by atoms with Crippen molar-refractivity contribution in [3.8, 4) is 0 Å². The van der Waals surface area contributed by atoms with Crippen molar-refractivity contribution in [3.05, 3.63) is 27.8 Å². The number of morpholine rings is 1. The highest BCUT2D eigenvalue weighted by Gasteiger charge is 2.15. The smallest absolute Gasteiger partial charge is 0.242 e. The number of carbonyl (C=O) groups is 1. The van der Waals surface area contributed by atoms with E-state index in [4.69, 9.17) is 4.74 Å². The number of halogens is 1. The van der Waals surface area contributed by atoms with Crippen LogP contribution in [0.4, 0.5) is 5.69 Å². The fourth-order valence-electron chi connectivity index (χ4n) is 1.67. The largest absolute Gasteiger partial charge is 0.378 e. The van der Waals surface area contributed by atoms with Gasteiger partial charge in [0.05, 0.1) is 19.8 Å². The molecule has 1 aromatic carbocycles. The molecule has 4 nitrogen and oxygen atoms in total. The van der Waals surface area contributed by atoms with Crippen LogP contribution in [0.5, 0.6) is 0 Å². The predicted octanol–water partition coefficient (Wildman–Crippen LogP) is 1.56. The van der Waals surface area contributed by atoms with Crippen LogP contribution < -0.4 is 5.32 Å². The highest BCUT2D eigenvalue weighted by molar-refractivity contribution is 14.1. The first-order chi connectivity index (χ1) is 8.25. The average Bonchev–Trinajstić information content (AvgIpc) is 2.39. The van der Waals surface area contributed by atoms with Crippen LogP contribution in [-0.4, -0.2) is 43.7 Å². The van der Waals surface area contributed by atoms with Gasteiger partial charge in [0.25, 0.3) is 0 Å². The summed E-state index contributed by atoms with van der Waals surface area (Å²) >= 11 is 2.26. The molecule has 0 radical (unpaired) electrons. The van der Waals surface area contributed by atoms with Crippen molar-refractivity contribution >= 4 is 34.2 Å². The lowest BCUT2D eigenvalue weighted by molar-refractivity contribution is -0.133. The zero-order valence-corrected chi connectivity index (χ0v) is 11.6. The quantitative estimate of drug-likeness (QED) is 0.845. The molecule has 5 heteroatoms. The van der Waals surface area contributed by atoms with Crippen LogP contribution in [0.25, 0.3) is 0 Å². The molecule has 0 aliphatic carbocycles. The Bertz CT molecular complexity index is 375. The zero-order chi connectivity index (χ0) is 12.1. The Balaban J connectivity index is 1.81. The van der Waals surface area contributed by atoms with Gasteiger partial charge in [0.2, 0.25) is 5.91 Å². The molecule has 1 N–H and O–H groups in total. The van der Waals surface area contributed by atoms with E-state index in [0.717, 1.165) is 5.69 Å². The van der Waals surface area contributed by atoms with Gasteiger partial charge < -0.3 is 15.0 Å². The van der Waals surface area contributed by atoms with Crippen LogP contribution in [0.15, 0.2) is 24.3 Å². The molecule has 0 atom stereocenters. The Morgan fingerprint density at radius 2 is 1.94 bits per heavy atom. The molecule has 92 valence electrons. The number of nitrogens with zero attached hydrogens (tertiary/aromatic N) is 1. The maximum atomic E-state index is 11.8. The summed E-state index contributed by atoms with van der Waals surface area (Å²) in [5, 5.41) is 3.13. The van der Waals surface area contributed by atoms with Crippen LogP contribution in [0, 0.1) is 3.57 Å². The topological polar surface area (TPSA) is 41.6 Å². The molecule has 1 fully saturated rings. The Kier molecular flexibility index (Phi) is 4.61. The van der Waals surface area contributed by atoms with Gasteiger partial charge in [-0.25, -0.2) is 0 Å². The fraction of sp³-hybridized carbons (Fsp3) is 0.417. The molecular formula is C12H15IN2O2. The van der Waals surface area contributed by atoms with Gasteiger partial charge in [-0.3, -0.25) is 4.79 Å². The maximum Gasteiger partial charge on any atom is 0.242 e. The molecular weight excluding hydrogens is 331 g/mol. The summed E-state index contributed by atoms with van der Waals surface area (Å²) < 4.78 is 6.40. The summed E-state index contributed by atoms with van der Waals surface area (Å²) in [5.74, 6) is 0.131. The average molecular weight is 346 g/mol. The minimum Gasteiger partial charge on any atom is -0.378 e. The van der Waals surface area contributed by atoms with Gasteiger partial charge in [-0.05, 0) is 46.9 Å². The van der Waals surface area contributed by atoms with E-state index in [-0.39, 0.29) is 5.91 Å². The number of nitrogens with one attached hydrogen (secondary N) is 1. The fourth-order valence-corrected chi connectivity index (χ4v) is 2.03. The normalized spacial score (nSPS) is 15.7. The number of hydrogen-bond donors (Lipinski definition) is 1. The second-order valence-electron chi connectivity index (χ2n) is 3.85. The molecule has 0 aromatic heterocycles. The van der Waals surface area contributed by atoms with Gasteiger partial charge in [0.1, 0.15) is 0 Å². The Morgan fingerprint density at radius 3 is 2.59 bits per heavy atom. The summed E-state index contributed by atoms with van der Waals surface area (Å²) in [4.78, 5) is 13.7. The first-order valence-corrected chi connectivity index (χ1v) is 6.68. The van der Waals surface area contributed by atoms with Crippen molar-refractivity contribution in [2.45, 2.75) is 0 Å². The van der Waals surface area contributed by atoms with E-state index in [9.17, 15) is 4.79 Å². The lowest BCUT2D eigenvalue weighted by Crippen LogP contribution is -2.43. The third-order valence-corrected chi connectivity index (χ3v) is 3.37. The summed E-state index contributed by atoms with van der Waals surface area (Å²) in [6.07, 6.45) is 0. The molecule has 1 saturated heterocycles. The van der Waals surface area contributed by atoms with E-state index >= 15 is 0 Å². The van der Waals surface area contributed by atoms with E-state index in [2.05, 4.69) is 27.9 Å². The third kappa shape index (κ3) is 3.85. The van der Waals surface area contributed by atoms with Gasteiger partial charge in [-0.1, -0.05) is 0 Å². The first kappa shape index (κ1) is 12.6. The monoisotopic (exact) mass is 346 g/mol. The first-order valence-electron chi connectivity index (χ1n) is 5.60. The predicted molar refractivity (Wildman–Crippen MR) is 75.0 cm³/mol. The van der Waals surface area contributed by atoms with Crippen molar-refractivity contribution in [3.63, 3.8) is 0 Å². The van der Waals surface area contributed by atoms with E-state index in [1.54, 1.807) is 0 Å². The molecule has 0 bridgehead atoms. The minimum atomic E-state index is 0.131. The van der Waals surface area contributed by atoms with Crippen LogP contribution in [0.2, 0.25) is 0 Å². The highest BCUT2D eigenvalue weighted by Crippen LogP contribution is 2.10. The molecule has 1 aliphatic rings. The van der Waals surface area contributed by atoms with Crippen LogP contribution in [0.3, 0.4) is 0 Å². The van der Waals surface area contributed by atoms with Crippen LogP contribution in [-0.2, 0) is 9.53 Å². The van der Waals surface area contributed by atoms with Gasteiger partial charge in [0, 0.05) is 22.3 Å². The summed E-state index contributed by atoms with van der Waals surface area (Å²) in [5.41, 5.74) is 0.979. The summed E-state index contributed by atoms with van der Waals surface area (Å²) in [6, 6.07) is 7.99. The third-order valence-electron chi connectivity index (χ3n) is 2.65. The molecule has 0 spiro atoms. The number of rotatable bonds is 3. The maximum absolute atomic E-state index is 11.8. The summed E-state index contributed by atoms with van der Waals surface area (Å²) in [6.45, 7) is 3.05. The number of anilines is 1. The number of ether oxygens (including phenoxy) is 1. The standard InChI is InChI=1S/C12H15IN2O2/c13-10-1-3-11(4-2-10)14-9-12(16)15-5-7-17-8-6-15/h1-4,14H,5-9H2. The Morgan fingerprint density at radius 1 is 1.29 bits per heavy atom. The van der Waals surface area contributed by atoms with Gasteiger partial charge in [-0.2, -0.15) is 0 Å². The van der Waals surface area contributed by atoms with Crippen LogP contribution in [0.1, 0.15) is 0 Å². The van der Waals surface area contributed by atoms with E-state index < -0.39 is 0 Å². The second-order valence-corrected chi connectivity index (χ2v) is 5.10. The van der Waals surface area contributed by atoms with E-state index in [1.807, 2.05) is 29.2 Å². The number of carbonyl (C=O) groups excluding carboxylic acids is 1. The molecule has 1 aromatic rings. The van der Waals surface area contributed by atoms with E-state index in [1.165, 1.54) is 3.57 Å². The van der Waals surface area contributed by atoms with Crippen molar-refractivity contribution in [2.75, 3.05) is 38.2 Å². The molecule has 2 rings (SSSR count). The number of amides is 1. The summed E-state index contributed by atoms with van der Waals surface area (Å²) in [7, 11) is 0. The van der Waals surface area contributed by atoms with Gasteiger partial charge >= 0.3 is 0 Å². The Hall–Kier alpha value is -0.820. The van der Waals surface area contributed by atoms with E-state index in [0.29, 0.717) is 32.8 Å². The highest BCUT2D eigenvalue weighted by atomic mass is 127.